The Balaban J connectivity index is 2.48. The quantitative estimate of drug-likeness (QED) is 0.712. The number of carbonyl (C=O) groups excluding carboxylic acids is 1. The molecule has 1 aromatic carbocycles. The molecule has 0 saturated heterocycles. The molecule has 1 aliphatic rings. The van der Waals surface area contributed by atoms with E-state index >= 15 is 0 Å². The summed E-state index contributed by atoms with van der Waals surface area (Å²) in [5.74, 6) is 0.955. The summed E-state index contributed by atoms with van der Waals surface area (Å²) >= 11 is 3.36. The topological polar surface area (TPSA) is 26.3 Å². The van der Waals surface area contributed by atoms with Gasteiger partial charge in [-0.15, -0.1) is 0 Å². The van der Waals surface area contributed by atoms with E-state index in [0.29, 0.717) is 17.9 Å². The summed E-state index contributed by atoms with van der Waals surface area (Å²) in [4.78, 5) is 11.9. The van der Waals surface area contributed by atoms with Crippen molar-refractivity contribution in [3.8, 4) is 5.75 Å². The second-order valence-corrected chi connectivity index (χ2v) is 4.46. The highest BCUT2D eigenvalue weighted by Gasteiger charge is 2.22. The summed E-state index contributed by atoms with van der Waals surface area (Å²) < 4.78 is 6.46. The number of fused-ring (bicyclic) bond motifs is 1. The molecule has 1 aliphatic heterocycles. The maximum Gasteiger partial charge on any atom is 0.169 e. The van der Waals surface area contributed by atoms with Gasteiger partial charge in [0.15, 0.2) is 5.78 Å². The largest absolute Gasteiger partial charge is 0.493 e. The van der Waals surface area contributed by atoms with Crippen LogP contribution in [0.4, 0.5) is 0 Å². The van der Waals surface area contributed by atoms with E-state index < -0.39 is 0 Å². The highest BCUT2D eigenvalue weighted by Crippen LogP contribution is 2.29. The summed E-state index contributed by atoms with van der Waals surface area (Å²) in [5, 5.41) is 0. The fourth-order valence-corrected chi connectivity index (χ4v) is 1.90. The van der Waals surface area contributed by atoms with E-state index in [-0.39, 0.29) is 11.7 Å². The molecule has 3 heteroatoms. The van der Waals surface area contributed by atoms with Crippen LogP contribution in [-0.2, 0) is 0 Å². The summed E-state index contributed by atoms with van der Waals surface area (Å²) in [6, 6.07) is 5.55. The molecule has 1 aromatic rings. The van der Waals surface area contributed by atoms with Crippen LogP contribution >= 0.6 is 15.9 Å². The third-order valence-electron chi connectivity index (χ3n) is 2.47. The van der Waals surface area contributed by atoms with E-state index in [1.165, 1.54) is 0 Å². The lowest BCUT2D eigenvalue weighted by Crippen LogP contribution is -2.09. The van der Waals surface area contributed by atoms with Crippen molar-refractivity contribution < 1.29 is 9.53 Å². The summed E-state index contributed by atoms with van der Waals surface area (Å²) in [6.07, 6.45) is 0.797. The van der Waals surface area contributed by atoms with Gasteiger partial charge in [-0.05, 0) is 24.6 Å². The lowest BCUT2D eigenvalue weighted by atomic mass is 9.97. The molecule has 2 rings (SSSR count). The third kappa shape index (κ3) is 1.69. The van der Waals surface area contributed by atoms with Crippen LogP contribution in [0.2, 0.25) is 0 Å². The van der Waals surface area contributed by atoms with E-state index in [1.807, 2.05) is 25.1 Å². The Morgan fingerprint density at radius 1 is 1.50 bits per heavy atom. The Labute approximate surface area is 91.4 Å². The Hall–Kier alpha value is -0.830. The Bertz CT molecular complexity index is 374. The van der Waals surface area contributed by atoms with Crippen LogP contribution in [0.3, 0.4) is 0 Å². The molecule has 1 atom stereocenters. The van der Waals surface area contributed by atoms with Crippen LogP contribution in [0, 0.1) is 5.92 Å². The van der Waals surface area contributed by atoms with Gasteiger partial charge in [0.25, 0.3) is 0 Å². The molecule has 1 heterocycles. The van der Waals surface area contributed by atoms with Crippen LogP contribution < -0.4 is 4.74 Å². The van der Waals surface area contributed by atoms with Crippen molar-refractivity contribution in [1.29, 1.82) is 0 Å². The number of halogens is 1. The van der Waals surface area contributed by atoms with E-state index in [0.717, 1.165) is 10.9 Å². The zero-order chi connectivity index (χ0) is 10.1. The minimum Gasteiger partial charge on any atom is -0.493 e. The SMILES string of the molecule is CC1CCOc2cc(Br)ccc2C1=O. The molecule has 14 heavy (non-hydrogen) atoms. The normalized spacial score (nSPS) is 21.0. The highest BCUT2D eigenvalue weighted by atomic mass is 79.9. The molecular weight excluding hydrogens is 244 g/mol. The number of hydrogen-bond acceptors (Lipinski definition) is 2. The van der Waals surface area contributed by atoms with E-state index in [4.69, 9.17) is 4.74 Å². The van der Waals surface area contributed by atoms with Gasteiger partial charge < -0.3 is 4.74 Å². The zero-order valence-corrected chi connectivity index (χ0v) is 9.50. The van der Waals surface area contributed by atoms with E-state index in [1.54, 1.807) is 0 Å². The first-order chi connectivity index (χ1) is 6.68. The molecule has 74 valence electrons. The average molecular weight is 255 g/mol. The van der Waals surface area contributed by atoms with Crippen molar-refractivity contribution in [2.24, 2.45) is 5.92 Å². The molecule has 1 unspecified atom stereocenters. The Kier molecular flexibility index (Phi) is 2.59. The number of benzene rings is 1. The van der Waals surface area contributed by atoms with Crippen molar-refractivity contribution in [2.75, 3.05) is 6.61 Å². The summed E-state index contributed by atoms with van der Waals surface area (Å²) in [5.41, 5.74) is 0.707. The second kappa shape index (κ2) is 3.73. The van der Waals surface area contributed by atoms with Gasteiger partial charge in [-0.3, -0.25) is 4.79 Å². The van der Waals surface area contributed by atoms with Gasteiger partial charge in [-0.1, -0.05) is 22.9 Å². The van der Waals surface area contributed by atoms with Gasteiger partial charge in [-0.25, -0.2) is 0 Å². The van der Waals surface area contributed by atoms with Crippen molar-refractivity contribution in [3.05, 3.63) is 28.2 Å². The first-order valence-electron chi connectivity index (χ1n) is 4.65. The fraction of sp³-hybridized carbons (Fsp3) is 0.364. The molecule has 0 aliphatic carbocycles. The minimum absolute atomic E-state index is 0.0671. The van der Waals surface area contributed by atoms with Gasteiger partial charge in [0.2, 0.25) is 0 Å². The Morgan fingerprint density at radius 3 is 3.07 bits per heavy atom. The second-order valence-electron chi connectivity index (χ2n) is 3.54. The molecule has 0 bridgehead atoms. The van der Waals surface area contributed by atoms with Crippen molar-refractivity contribution >= 4 is 21.7 Å². The number of rotatable bonds is 0. The molecule has 2 nitrogen and oxygen atoms in total. The smallest absolute Gasteiger partial charge is 0.169 e. The maximum absolute atomic E-state index is 11.9. The maximum atomic E-state index is 11.9. The molecule has 0 saturated carbocycles. The predicted molar refractivity (Wildman–Crippen MR) is 57.7 cm³/mol. The lowest BCUT2D eigenvalue weighted by Gasteiger charge is -2.06. The molecule has 0 N–H and O–H groups in total. The van der Waals surface area contributed by atoms with Gasteiger partial charge in [0.05, 0.1) is 12.2 Å². The van der Waals surface area contributed by atoms with Crippen LogP contribution in [0.15, 0.2) is 22.7 Å². The van der Waals surface area contributed by atoms with Crippen LogP contribution in [0.1, 0.15) is 23.7 Å². The van der Waals surface area contributed by atoms with Gasteiger partial charge in [-0.2, -0.15) is 0 Å². The summed E-state index contributed by atoms with van der Waals surface area (Å²) in [7, 11) is 0. The third-order valence-corrected chi connectivity index (χ3v) is 2.96. The van der Waals surface area contributed by atoms with E-state index in [2.05, 4.69) is 15.9 Å². The standard InChI is InChI=1S/C11H11BrO2/c1-7-4-5-14-10-6-8(12)2-3-9(10)11(7)13/h2-3,6-7H,4-5H2,1H3. The molecule has 0 radical (unpaired) electrons. The number of ketones is 1. The molecular formula is C11H11BrO2. The number of hydrogen-bond donors (Lipinski definition) is 0. The zero-order valence-electron chi connectivity index (χ0n) is 7.92. The average Bonchev–Trinajstić information content (AvgIpc) is 2.28. The lowest BCUT2D eigenvalue weighted by molar-refractivity contribution is 0.0927. The molecule has 0 fully saturated rings. The monoisotopic (exact) mass is 254 g/mol. The van der Waals surface area contributed by atoms with Crippen molar-refractivity contribution in [1.82, 2.24) is 0 Å². The van der Waals surface area contributed by atoms with Gasteiger partial charge in [0.1, 0.15) is 5.75 Å². The van der Waals surface area contributed by atoms with Crippen LogP contribution in [0.25, 0.3) is 0 Å². The van der Waals surface area contributed by atoms with Crippen molar-refractivity contribution in [3.63, 3.8) is 0 Å². The van der Waals surface area contributed by atoms with Crippen molar-refractivity contribution in [2.45, 2.75) is 13.3 Å². The number of Topliss-reactive ketones (excluding diaryl/α,β-unsaturated/α-hetero) is 1. The first-order valence-corrected chi connectivity index (χ1v) is 5.44. The minimum atomic E-state index is 0.0671. The van der Waals surface area contributed by atoms with Gasteiger partial charge >= 0.3 is 0 Å². The highest BCUT2D eigenvalue weighted by molar-refractivity contribution is 9.10. The summed E-state index contributed by atoms with van der Waals surface area (Å²) in [6.45, 7) is 2.57. The Morgan fingerprint density at radius 2 is 2.29 bits per heavy atom. The van der Waals surface area contributed by atoms with Gasteiger partial charge in [0, 0.05) is 10.4 Å². The van der Waals surface area contributed by atoms with Crippen LogP contribution in [0.5, 0.6) is 5.75 Å². The van der Waals surface area contributed by atoms with E-state index in [9.17, 15) is 4.79 Å². The van der Waals surface area contributed by atoms with Crippen LogP contribution in [-0.4, -0.2) is 12.4 Å². The molecule has 0 aromatic heterocycles. The predicted octanol–water partition coefficient (Wildman–Crippen LogP) is 3.05. The number of ether oxygens (including phenoxy) is 1. The number of carbonyl (C=O) groups is 1. The molecule has 0 amide bonds. The fourth-order valence-electron chi connectivity index (χ4n) is 1.56. The molecule has 0 spiro atoms. The first kappa shape index (κ1) is 9.71.